The van der Waals surface area contributed by atoms with E-state index in [0.717, 1.165) is 10.2 Å². The normalized spacial score (nSPS) is 10.3. The highest BCUT2D eigenvalue weighted by atomic mass is 79.9. The Morgan fingerprint density at radius 1 is 1.24 bits per heavy atom. The van der Waals surface area contributed by atoms with E-state index in [4.69, 9.17) is 15.2 Å². The summed E-state index contributed by atoms with van der Waals surface area (Å²) in [5.41, 5.74) is 7.48. The minimum atomic E-state index is -0.480. The van der Waals surface area contributed by atoms with Crippen molar-refractivity contribution in [1.82, 2.24) is 0 Å². The summed E-state index contributed by atoms with van der Waals surface area (Å²) in [6.45, 7) is 2.17. The lowest BCUT2D eigenvalue weighted by Gasteiger charge is -2.13. The van der Waals surface area contributed by atoms with Gasteiger partial charge in [-0.3, -0.25) is 0 Å². The molecule has 0 spiro atoms. The first-order valence-electron chi connectivity index (χ1n) is 6.37. The van der Waals surface area contributed by atoms with Crippen molar-refractivity contribution in [3.8, 4) is 11.5 Å². The van der Waals surface area contributed by atoms with E-state index in [0.29, 0.717) is 23.7 Å². The molecule has 2 aromatic rings. The van der Waals surface area contributed by atoms with Gasteiger partial charge in [0, 0.05) is 28.4 Å². The van der Waals surface area contributed by atoms with Gasteiger partial charge in [0.25, 0.3) is 0 Å². The largest absolute Gasteiger partial charge is 0.497 e. The summed E-state index contributed by atoms with van der Waals surface area (Å²) in [5, 5.41) is 3.13. The van der Waals surface area contributed by atoms with Crippen LogP contribution in [-0.4, -0.2) is 13.7 Å². The number of ether oxygens (including phenoxy) is 2. The van der Waals surface area contributed by atoms with E-state index < -0.39 is 5.82 Å². The molecule has 0 aliphatic carbocycles. The highest BCUT2D eigenvalue weighted by Gasteiger charge is 2.10. The fraction of sp³-hybridized carbons (Fsp3) is 0.200. The average Bonchev–Trinajstić information content (AvgIpc) is 2.43. The summed E-state index contributed by atoms with van der Waals surface area (Å²) in [6.07, 6.45) is 0. The third-order valence-corrected chi connectivity index (χ3v) is 3.25. The zero-order valence-electron chi connectivity index (χ0n) is 11.7. The lowest BCUT2D eigenvalue weighted by Crippen LogP contribution is -2.01. The monoisotopic (exact) mass is 354 g/mol. The summed E-state index contributed by atoms with van der Waals surface area (Å²) < 4.78 is 25.0. The number of benzene rings is 2. The molecule has 4 nitrogen and oxygen atoms in total. The van der Waals surface area contributed by atoms with Gasteiger partial charge in [-0.1, -0.05) is 15.9 Å². The Labute approximate surface area is 131 Å². The molecular formula is C15H16BrFN2O2. The van der Waals surface area contributed by atoms with Gasteiger partial charge in [-0.2, -0.15) is 0 Å². The van der Waals surface area contributed by atoms with E-state index in [1.165, 1.54) is 6.07 Å². The van der Waals surface area contributed by atoms with Crippen molar-refractivity contribution in [3.05, 3.63) is 40.6 Å². The van der Waals surface area contributed by atoms with Gasteiger partial charge in [0.05, 0.1) is 25.1 Å². The molecule has 0 amide bonds. The van der Waals surface area contributed by atoms with Crippen molar-refractivity contribution in [2.75, 3.05) is 24.8 Å². The van der Waals surface area contributed by atoms with Crippen molar-refractivity contribution in [1.29, 1.82) is 0 Å². The van der Waals surface area contributed by atoms with Crippen molar-refractivity contribution in [3.63, 3.8) is 0 Å². The van der Waals surface area contributed by atoms with E-state index in [1.54, 1.807) is 20.1 Å². The zero-order chi connectivity index (χ0) is 15.4. The number of hydrogen-bond acceptors (Lipinski definition) is 4. The van der Waals surface area contributed by atoms with Crippen molar-refractivity contribution in [2.45, 2.75) is 6.92 Å². The first-order valence-corrected chi connectivity index (χ1v) is 7.16. The summed E-state index contributed by atoms with van der Waals surface area (Å²) in [5.74, 6) is 0.375. The summed E-state index contributed by atoms with van der Waals surface area (Å²) in [4.78, 5) is 0. The van der Waals surface area contributed by atoms with Crippen LogP contribution in [0.15, 0.2) is 34.8 Å². The second-order valence-electron chi connectivity index (χ2n) is 4.31. The Balaban J connectivity index is 2.34. The maximum Gasteiger partial charge on any atom is 0.167 e. The SMILES string of the molecule is CCOc1cc(Nc2cc(Br)cc(OC)c2)c(N)cc1F. The van der Waals surface area contributed by atoms with Gasteiger partial charge < -0.3 is 20.5 Å². The number of methoxy groups -OCH3 is 1. The van der Waals surface area contributed by atoms with Crippen LogP contribution in [0.2, 0.25) is 0 Å². The Kier molecular flexibility index (Phi) is 4.90. The maximum atomic E-state index is 13.7. The molecule has 0 atom stereocenters. The molecule has 0 saturated heterocycles. The molecule has 0 fully saturated rings. The molecule has 3 N–H and O–H groups in total. The molecule has 0 saturated carbocycles. The highest BCUT2D eigenvalue weighted by molar-refractivity contribution is 9.10. The van der Waals surface area contributed by atoms with Gasteiger partial charge >= 0.3 is 0 Å². The molecular weight excluding hydrogens is 339 g/mol. The molecule has 0 radical (unpaired) electrons. The first kappa shape index (κ1) is 15.4. The van der Waals surface area contributed by atoms with Crippen LogP contribution in [-0.2, 0) is 0 Å². The Bertz CT molecular complexity index is 650. The van der Waals surface area contributed by atoms with Crippen LogP contribution in [0.25, 0.3) is 0 Å². The van der Waals surface area contributed by atoms with Crippen LogP contribution in [0.5, 0.6) is 11.5 Å². The number of hydrogen-bond donors (Lipinski definition) is 2. The standard InChI is InChI=1S/C15H16BrFN2O2/c1-3-21-15-8-14(13(18)7-12(15)17)19-10-4-9(16)5-11(6-10)20-2/h4-8,19H,3,18H2,1-2H3. The quantitative estimate of drug-likeness (QED) is 0.785. The topological polar surface area (TPSA) is 56.5 Å². The van der Waals surface area contributed by atoms with Gasteiger partial charge in [0.2, 0.25) is 0 Å². The van der Waals surface area contributed by atoms with Crippen LogP contribution in [0, 0.1) is 5.82 Å². The average molecular weight is 355 g/mol. The van der Waals surface area contributed by atoms with Crippen molar-refractivity contribution in [2.24, 2.45) is 0 Å². The molecule has 112 valence electrons. The van der Waals surface area contributed by atoms with Crippen LogP contribution in [0.4, 0.5) is 21.5 Å². The van der Waals surface area contributed by atoms with E-state index in [-0.39, 0.29) is 5.75 Å². The third-order valence-electron chi connectivity index (χ3n) is 2.79. The first-order chi connectivity index (χ1) is 10.0. The molecule has 0 aliphatic heterocycles. The molecule has 0 bridgehead atoms. The summed E-state index contributed by atoms with van der Waals surface area (Å²) in [6, 6.07) is 8.30. The predicted octanol–water partition coefficient (Wildman–Crippen LogP) is 4.32. The van der Waals surface area contributed by atoms with Crippen molar-refractivity contribution < 1.29 is 13.9 Å². The van der Waals surface area contributed by atoms with Crippen LogP contribution in [0.3, 0.4) is 0 Å². The second-order valence-corrected chi connectivity index (χ2v) is 5.22. The van der Waals surface area contributed by atoms with E-state index in [2.05, 4.69) is 21.2 Å². The number of nitrogen functional groups attached to an aromatic ring is 1. The third kappa shape index (κ3) is 3.78. The number of anilines is 3. The van der Waals surface area contributed by atoms with Gasteiger partial charge in [-0.15, -0.1) is 0 Å². The van der Waals surface area contributed by atoms with Gasteiger partial charge in [0.1, 0.15) is 5.75 Å². The number of halogens is 2. The predicted molar refractivity (Wildman–Crippen MR) is 86.0 cm³/mol. The lowest BCUT2D eigenvalue weighted by molar-refractivity contribution is 0.322. The molecule has 2 aromatic carbocycles. The van der Waals surface area contributed by atoms with E-state index >= 15 is 0 Å². The van der Waals surface area contributed by atoms with Crippen molar-refractivity contribution >= 4 is 33.0 Å². The van der Waals surface area contributed by atoms with Crippen LogP contribution < -0.4 is 20.5 Å². The number of nitrogens with one attached hydrogen (secondary N) is 1. The molecule has 21 heavy (non-hydrogen) atoms. The highest BCUT2D eigenvalue weighted by Crippen LogP contribution is 2.32. The minimum Gasteiger partial charge on any atom is -0.497 e. The van der Waals surface area contributed by atoms with E-state index in [9.17, 15) is 4.39 Å². The second kappa shape index (κ2) is 6.67. The summed E-state index contributed by atoms with van der Waals surface area (Å²) in [7, 11) is 1.59. The number of rotatable bonds is 5. The number of nitrogens with two attached hydrogens (primary N) is 1. The van der Waals surface area contributed by atoms with Crippen LogP contribution >= 0.6 is 15.9 Å². The molecule has 0 aromatic heterocycles. The molecule has 0 aliphatic rings. The Morgan fingerprint density at radius 2 is 2.00 bits per heavy atom. The minimum absolute atomic E-state index is 0.163. The zero-order valence-corrected chi connectivity index (χ0v) is 13.3. The molecule has 6 heteroatoms. The smallest absolute Gasteiger partial charge is 0.167 e. The molecule has 0 heterocycles. The fourth-order valence-corrected chi connectivity index (χ4v) is 2.32. The Morgan fingerprint density at radius 3 is 2.67 bits per heavy atom. The van der Waals surface area contributed by atoms with Gasteiger partial charge in [-0.05, 0) is 19.1 Å². The maximum absolute atomic E-state index is 13.7. The lowest BCUT2D eigenvalue weighted by atomic mass is 10.2. The summed E-state index contributed by atoms with van der Waals surface area (Å²) >= 11 is 3.40. The van der Waals surface area contributed by atoms with Gasteiger partial charge in [0.15, 0.2) is 11.6 Å². The fourth-order valence-electron chi connectivity index (χ4n) is 1.85. The van der Waals surface area contributed by atoms with Crippen LogP contribution in [0.1, 0.15) is 6.92 Å². The molecule has 0 unspecified atom stereocenters. The van der Waals surface area contributed by atoms with Gasteiger partial charge in [-0.25, -0.2) is 4.39 Å². The van der Waals surface area contributed by atoms with E-state index in [1.807, 2.05) is 18.2 Å². The Hall–Kier alpha value is -1.95. The molecule has 2 rings (SSSR count).